The van der Waals surface area contributed by atoms with Crippen LogP contribution in [0.5, 0.6) is 0 Å². The first-order valence-electron chi connectivity index (χ1n) is 6.66. The van der Waals surface area contributed by atoms with Crippen LogP contribution in [0.4, 0.5) is 5.69 Å². The molecule has 5 nitrogen and oxygen atoms in total. The summed E-state index contributed by atoms with van der Waals surface area (Å²) in [5.41, 5.74) is 3.11. The van der Waals surface area contributed by atoms with Gasteiger partial charge in [-0.15, -0.1) is 0 Å². The number of H-pyrrole nitrogens is 2. The van der Waals surface area contributed by atoms with E-state index in [1.165, 1.54) is 10.9 Å². The van der Waals surface area contributed by atoms with Gasteiger partial charge in [0.2, 0.25) is 5.91 Å². The standard InChI is InChI=1S/C15H16N4O/c20-15(19-12-9-17-18-10-12)7-3-4-11-8-16-14-6-2-1-5-13(11)14/h1-2,5-6,8-10,16H,3-4,7H2,(H,17,18)(H,19,20). The zero-order valence-corrected chi connectivity index (χ0v) is 11.0. The first-order chi connectivity index (χ1) is 9.83. The molecule has 0 saturated carbocycles. The fourth-order valence-electron chi connectivity index (χ4n) is 2.32. The van der Waals surface area contributed by atoms with Crippen LogP contribution < -0.4 is 5.32 Å². The molecule has 0 unspecified atom stereocenters. The number of hydrogen-bond acceptors (Lipinski definition) is 2. The lowest BCUT2D eigenvalue weighted by atomic mass is 10.1. The maximum Gasteiger partial charge on any atom is 0.224 e. The van der Waals surface area contributed by atoms with E-state index < -0.39 is 0 Å². The van der Waals surface area contributed by atoms with Gasteiger partial charge in [-0.2, -0.15) is 5.10 Å². The van der Waals surface area contributed by atoms with Crippen LogP contribution >= 0.6 is 0 Å². The number of rotatable bonds is 5. The molecule has 2 heterocycles. The predicted molar refractivity (Wildman–Crippen MR) is 78.5 cm³/mol. The Kier molecular flexibility index (Phi) is 3.50. The third kappa shape index (κ3) is 2.71. The summed E-state index contributed by atoms with van der Waals surface area (Å²) in [5.74, 6) is 0.0197. The van der Waals surface area contributed by atoms with Gasteiger partial charge in [-0.1, -0.05) is 18.2 Å². The largest absolute Gasteiger partial charge is 0.361 e. The molecule has 5 heteroatoms. The van der Waals surface area contributed by atoms with E-state index in [2.05, 4.69) is 32.6 Å². The van der Waals surface area contributed by atoms with E-state index in [-0.39, 0.29) is 5.91 Å². The number of amides is 1. The molecular formula is C15H16N4O. The molecule has 0 saturated heterocycles. The average molecular weight is 268 g/mol. The molecule has 2 aromatic heterocycles. The minimum absolute atomic E-state index is 0.0197. The lowest BCUT2D eigenvalue weighted by Crippen LogP contribution is -2.10. The molecule has 20 heavy (non-hydrogen) atoms. The number of aromatic nitrogens is 3. The molecule has 0 aliphatic rings. The number of aryl methyl sites for hydroxylation is 1. The van der Waals surface area contributed by atoms with Crippen molar-refractivity contribution in [1.29, 1.82) is 0 Å². The topological polar surface area (TPSA) is 73.6 Å². The van der Waals surface area contributed by atoms with Crippen LogP contribution in [0.3, 0.4) is 0 Å². The molecule has 0 bridgehead atoms. The smallest absolute Gasteiger partial charge is 0.224 e. The summed E-state index contributed by atoms with van der Waals surface area (Å²) in [4.78, 5) is 15.0. The Morgan fingerprint density at radius 1 is 1.25 bits per heavy atom. The van der Waals surface area contributed by atoms with Gasteiger partial charge in [-0.3, -0.25) is 9.89 Å². The Morgan fingerprint density at radius 2 is 2.15 bits per heavy atom. The molecule has 3 N–H and O–H groups in total. The highest BCUT2D eigenvalue weighted by atomic mass is 16.1. The summed E-state index contributed by atoms with van der Waals surface area (Å²) in [7, 11) is 0. The maximum absolute atomic E-state index is 11.7. The molecule has 0 aliphatic carbocycles. The summed E-state index contributed by atoms with van der Waals surface area (Å²) in [5, 5.41) is 10.5. The molecule has 1 amide bonds. The molecule has 102 valence electrons. The highest BCUT2D eigenvalue weighted by Crippen LogP contribution is 2.19. The van der Waals surface area contributed by atoms with Gasteiger partial charge in [0, 0.05) is 29.7 Å². The second kappa shape index (κ2) is 5.61. The molecule has 0 atom stereocenters. The van der Waals surface area contributed by atoms with E-state index in [4.69, 9.17) is 0 Å². The van der Waals surface area contributed by atoms with Crippen LogP contribution in [-0.4, -0.2) is 21.1 Å². The van der Waals surface area contributed by atoms with Gasteiger partial charge in [-0.05, 0) is 24.5 Å². The van der Waals surface area contributed by atoms with Crippen LogP contribution in [0.1, 0.15) is 18.4 Å². The second-order valence-electron chi connectivity index (χ2n) is 4.75. The van der Waals surface area contributed by atoms with Crippen molar-refractivity contribution in [2.75, 3.05) is 5.32 Å². The van der Waals surface area contributed by atoms with Crippen molar-refractivity contribution in [3.63, 3.8) is 0 Å². The molecule has 0 spiro atoms. The molecule has 3 aromatic rings. The summed E-state index contributed by atoms with van der Waals surface area (Å²) in [6.07, 6.45) is 7.51. The Balaban J connectivity index is 1.53. The van der Waals surface area contributed by atoms with E-state index in [1.807, 2.05) is 18.3 Å². The Bertz CT molecular complexity index is 700. The van der Waals surface area contributed by atoms with Crippen LogP contribution in [0.25, 0.3) is 10.9 Å². The predicted octanol–water partition coefficient (Wildman–Crippen LogP) is 2.85. The monoisotopic (exact) mass is 268 g/mol. The third-order valence-corrected chi connectivity index (χ3v) is 3.31. The minimum Gasteiger partial charge on any atom is -0.361 e. The van der Waals surface area contributed by atoms with E-state index in [0.717, 1.165) is 18.4 Å². The lowest BCUT2D eigenvalue weighted by Gasteiger charge is -2.02. The first-order valence-corrected chi connectivity index (χ1v) is 6.66. The van der Waals surface area contributed by atoms with E-state index in [9.17, 15) is 4.79 Å². The quantitative estimate of drug-likeness (QED) is 0.665. The third-order valence-electron chi connectivity index (χ3n) is 3.31. The van der Waals surface area contributed by atoms with Gasteiger partial charge in [0.25, 0.3) is 0 Å². The fourth-order valence-corrected chi connectivity index (χ4v) is 2.32. The molecule has 0 aliphatic heterocycles. The van der Waals surface area contributed by atoms with Crippen molar-refractivity contribution in [2.24, 2.45) is 0 Å². The van der Waals surface area contributed by atoms with Crippen molar-refractivity contribution in [1.82, 2.24) is 15.2 Å². The van der Waals surface area contributed by atoms with Crippen molar-refractivity contribution >= 4 is 22.5 Å². The van der Waals surface area contributed by atoms with Crippen molar-refractivity contribution < 1.29 is 4.79 Å². The van der Waals surface area contributed by atoms with Crippen LogP contribution in [0.2, 0.25) is 0 Å². The lowest BCUT2D eigenvalue weighted by molar-refractivity contribution is -0.116. The number of benzene rings is 1. The van der Waals surface area contributed by atoms with E-state index >= 15 is 0 Å². The highest BCUT2D eigenvalue weighted by Gasteiger charge is 2.06. The molecule has 0 radical (unpaired) electrons. The van der Waals surface area contributed by atoms with E-state index in [1.54, 1.807) is 12.4 Å². The Morgan fingerprint density at radius 3 is 3.00 bits per heavy atom. The van der Waals surface area contributed by atoms with Gasteiger partial charge in [0.1, 0.15) is 0 Å². The Labute approximate surface area is 116 Å². The van der Waals surface area contributed by atoms with Gasteiger partial charge >= 0.3 is 0 Å². The first kappa shape index (κ1) is 12.5. The summed E-state index contributed by atoms with van der Waals surface area (Å²) >= 11 is 0. The van der Waals surface area contributed by atoms with Crippen molar-refractivity contribution in [3.05, 3.63) is 48.4 Å². The number of hydrogen-bond donors (Lipinski definition) is 3. The molecule has 0 fully saturated rings. The summed E-state index contributed by atoms with van der Waals surface area (Å²) in [6.45, 7) is 0. The normalized spacial score (nSPS) is 10.8. The zero-order valence-electron chi connectivity index (χ0n) is 11.0. The maximum atomic E-state index is 11.7. The molecule has 1 aromatic carbocycles. The van der Waals surface area contributed by atoms with Crippen molar-refractivity contribution in [3.8, 4) is 0 Å². The SMILES string of the molecule is O=C(CCCc1c[nH]c2ccccc12)Nc1cn[nH]c1. The van der Waals surface area contributed by atoms with Crippen molar-refractivity contribution in [2.45, 2.75) is 19.3 Å². The fraction of sp³-hybridized carbons (Fsp3) is 0.200. The number of anilines is 1. The second-order valence-corrected chi connectivity index (χ2v) is 4.75. The number of nitrogens with zero attached hydrogens (tertiary/aromatic N) is 1. The Hall–Kier alpha value is -2.56. The van der Waals surface area contributed by atoms with Gasteiger partial charge in [0.15, 0.2) is 0 Å². The number of fused-ring (bicyclic) bond motifs is 1. The number of carbonyl (C=O) groups is 1. The minimum atomic E-state index is 0.0197. The van der Waals surface area contributed by atoms with Crippen LogP contribution in [-0.2, 0) is 11.2 Å². The summed E-state index contributed by atoms with van der Waals surface area (Å²) < 4.78 is 0. The zero-order chi connectivity index (χ0) is 13.8. The van der Waals surface area contributed by atoms with Gasteiger partial charge < -0.3 is 10.3 Å². The van der Waals surface area contributed by atoms with Crippen LogP contribution in [0, 0.1) is 0 Å². The van der Waals surface area contributed by atoms with Gasteiger partial charge in [0.05, 0.1) is 11.9 Å². The summed E-state index contributed by atoms with van der Waals surface area (Å²) in [6, 6.07) is 8.21. The number of aromatic amines is 2. The molecule has 3 rings (SSSR count). The number of para-hydroxylation sites is 1. The average Bonchev–Trinajstić information content (AvgIpc) is 3.09. The number of nitrogens with one attached hydrogen (secondary N) is 3. The van der Waals surface area contributed by atoms with Gasteiger partial charge in [-0.25, -0.2) is 0 Å². The number of carbonyl (C=O) groups excluding carboxylic acids is 1. The molecular weight excluding hydrogens is 252 g/mol. The highest BCUT2D eigenvalue weighted by molar-refractivity contribution is 5.90. The van der Waals surface area contributed by atoms with Crippen LogP contribution in [0.15, 0.2) is 42.9 Å². The van der Waals surface area contributed by atoms with E-state index in [0.29, 0.717) is 12.1 Å².